The van der Waals surface area contributed by atoms with Gasteiger partial charge in [0.25, 0.3) is 0 Å². The molecule has 3 heterocycles. The summed E-state index contributed by atoms with van der Waals surface area (Å²) >= 11 is 0. The Morgan fingerprint density at radius 2 is 1.77 bits per heavy atom. The standard InChI is InChI=1S/C26H30N4O4S/c31-25-6-3-15-30(25)21-7-9-22(10-8-21)35(33,34)29-16-12-19(13-17-29)26(32)27-14-11-20-18-28-24-5-2-1-4-23(20)24/h1-2,4-5,7-10,18-19,28H,3,6,11-17H2,(H,27,32). The lowest BCUT2D eigenvalue weighted by Crippen LogP contribution is -2.43. The number of piperidine rings is 1. The molecule has 1 aromatic heterocycles. The molecule has 9 heteroatoms. The first-order valence-electron chi connectivity index (χ1n) is 12.2. The third kappa shape index (κ3) is 4.83. The summed E-state index contributed by atoms with van der Waals surface area (Å²) in [5.74, 6) is -0.128. The molecule has 2 fully saturated rings. The van der Waals surface area contributed by atoms with Crippen LogP contribution >= 0.6 is 0 Å². The Hall–Kier alpha value is -3.17. The van der Waals surface area contributed by atoms with Crippen molar-refractivity contribution in [2.24, 2.45) is 5.92 Å². The number of carbonyl (C=O) groups is 2. The van der Waals surface area contributed by atoms with Gasteiger partial charge in [-0.15, -0.1) is 0 Å². The minimum Gasteiger partial charge on any atom is -0.361 e. The van der Waals surface area contributed by atoms with Gasteiger partial charge in [-0.25, -0.2) is 8.42 Å². The zero-order valence-corrected chi connectivity index (χ0v) is 20.4. The van der Waals surface area contributed by atoms with Crippen molar-refractivity contribution in [2.75, 3.05) is 31.1 Å². The van der Waals surface area contributed by atoms with Crippen molar-refractivity contribution in [3.05, 3.63) is 60.3 Å². The summed E-state index contributed by atoms with van der Waals surface area (Å²) in [4.78, 5) is 29.8. The number of hydrogen-bond donors (Lipinski definition) is 2. The Kier molecular flexibility index (Phi) is 6.62. The van der Waals surface area contributed by atoms with Gasteiger partial charge in [0, 0.05) is 61.3 Å². The van der Waals surface area contributed by atoms with Crippen LogP contribution in [0.5, 0.6) is 0 Å². The fourth-order valence-corrected chi connectivity index (χ4v) is 6.50. The number of anilines is 1. The highest BCUT2D eigenvalue weighted by atomic mass is 32.2. The van der Waals surface area contributed by atoms with E-state index in [1.165, 1.54) is 15.3 Å². The molecule has 0 spiro atoms. The number of benzene rings is 2. The van der Waals surface area contributed by atoms with Gasteiger partial charge < -0.3 is 15.2 Å². The van der Waals surface area contributed by atoms with Crippen molar-refractivity contribution in [3.63, 3.8) is 0 Å². The zero-order valence-electron chi connectivity index (χ0n) is 19.6. The summed E-state index contributed by atoms with van der Waals surface area (Å²) < 4.78 is 27.7. The van der Waals surface area contributed by atoms with Crippen molar-refractivity contribution >= 4 is 38.4 Å². The Morgan fingerprint density at radius 1 is 1.03 bits per heavy atom. The number of fused-ring (bicyclic) bond motifs is 1. The van der Waals surface area contributed by atoms with Gasteiger partial charge in [0.1, 0.15) is 0 Å². The number of carbonyl (C=O) groups excluding carboxylic acids is 2. The van der Waals surface area contributed by atoms with Gasteiger partial charge in [0.15, 0.2) is 0 Å². The second kappa shape index (κ2) is 9.83. The highest BCUT2D eigenvalue weighted by Crippen LogP contribution is 2.27. The molecule has 0 radical (unpaired) electrons. The van der Waals surface area contributed by atoms with Crippen LogP contribution in [0.2, 0.25) is 0 Å². The normalized spacial score (nSPS) is 17.8. The second-order valence-electron chi connectivity index (χ2n) is 9.22. The topological polar surface area (TPSA) is 103 Å². The van der Waals surface area contributed by atoms with Crippen molar-refractivity contribution in [3.8, 4) is 0 Å². The van der Waals surface area contributed by atoms with Crippen molar-refractivity contribution in [1.29, 1.82) is 0 Å². The quantitative estimate of drug-likeness (QED) is 0.527. The Morgan fingerprint density at radius 3 is 2.49 bits per heavy atom. The van der Waals surface area contributed by atoms with Crippen LogP contribution < -0.4 is 10.2 Å². The number of H-pyrrole nitrogens is 1. The molecular weight excluding hydrogens is 464 g/mol. The van der Waals surface area contributed by atoms with Crippen molar-refractivity contribution in [2.45, 2.75) is 37.0 Å². The Balaban J connectivity index is 1.13. The lowest BCUT2D eigenvalue weighted by molar-refractivity contribution is -0.126. The SMILES string of the molecule is O=C(NCCc1c[nH]c2ccccc12)C1CCN(S(=O)(=O)c2ccc(N3CCCC3=O)cc2)CC1. The zero-order chi connectivity index (χ0) is 24.4. The average molecular weight is 495 g/mol. The van der Waals surface area contributed by atoms with E-state index in [4.69, 9.17) is 0 Å². The predicted molar refractivity (Wildman–Crippen MR) is 135 cm³/mol. The van der Waals surface area contributed by atoms with Gasteiger partial charge in [-0.05, 0) is 61.6 Å². The molecule has 0 atom stereocenters. The summed E-state index contributed by atoms with van der Waals surface area (Å²) in [5, 5.41) is 4.19. The van der Waals surface area contributed by atoms with E-state index in [9.17, 15) is 18.0 Å². The molecule has 184 valence electrons. The van der Waals surface area contributed by atoms with Crippen LogP contribution in [0.3, 0.4) is 0 Å². The summed E-state index contributed by atoms with van der Waals surface area (Å²) in [6.45, 7) is 1.85. The molecule has 2 aromatic carbocycles. The lowest BCUT2D eigenvalue weighted by atomic mass is 9.97. The number of aromatic amines is 1. The number of nitrogens with one attached hydrogen (secondary N) is 2. The number of sulfonamides is 1. The summed E-state index contributed by atoms with van der Waals surface area (Å²) in [6, 6.07) is 14.6. The smallest absolute Gasteiger partial charge is 0.243 e. The molecule has 0 unspecified atom stereocenters. The fraction of sp³-hybridized carbons (Fsp3) is 0.385. The first-order chi connectivity index (χ1) is 16.9. The average Bonchev–Trinajstić information content (AvgIpc) is 3.50. The second-order valence-corrected chi connectivity index (χ2v) is 11.2. The Bertz CT molecular complexity index is 1320. The van der Waals surface area contributed by atoms with Gasteiger partial charge in [-0.1, -0.05) is 18.2 Å². The number of nitrogens with zero attached hydrogens (tertiary/aromatic N) is 2. The maximum atomic E-state index is 13.1. The number of aromatic nitrogens is 1. The van der Waals surface area contributed by atoms with E-state index in [0.717, 1.165) is 24.0 Å². The molecule has 0 bridgehead atoms. The monoisotopic (exact) mass is 494 g/mol. The van der Waals surface area contributed by atoms with E-state index in [1.807, 2.05) is 24.4 Å². The number of amides is 2. The molecule has 5 rings (SSSR count). The van der Waals surface area contributed by atoms with Crippen molar-refractivity contribution in [1.82, 2.24) is 14.6 Å². The molecule has 2 amide bonds. The highest BCUT2D eigenvalue weighted by molar-refractivity contribution is 7.89. The van der Waals surface area contributed by atoms with Gasteiger partial charge in [0.2, 0.25) is 21.8 Å². The van der Waals surface area contributed by atoms with Crippen LogP contribution in [0.4, 0.5) is 5.69 Å². The minimum atomic E-state index is -3.64. The van der Waals surface area contributed by atoms with E-state index in [0.29, 0.717) is 45.4 Å². The van der Waals surface area contributed by atoms with Crippen LogP contribution in [0.15, 0.2) is 59.6 Å². The largest absolute Gasteiger partial charge is 0.361 e. The van der Waals surface area contributed by atoms with E-state index < -0.39 is 10.0 Å². The molecule has 2 saturated heterocycles. The van der Waals surface area contributed by atoms with Crippen LogP contribution in [0.25, 0.3) is 10.9 Å². The van der Waals surface area contributed by atoms with E-state index >= 15 is 0 Å². The summed E-state index contributed by atoms with van der Waals surface area (Å²) in [5.41, 5.74) is 2.98. The molecule has 2 aliphatic heterocycles. The van der Waals surface area contributed by atoms with Crippen LogP contribution in [0.1, 0.15) is 31.2 Å². The molecule has 0 saturated carbocycles. The van der Waals surface area contributed by atoms with E-state index in [1.54, 1.807) is 29.2 Å². The van der Waals surface area contributed by atoms with Crippen molar-refractivity contribution < 1.29 is 18.0 Å². The molecule has 8 nitrogen and oxygen atoms in total. The fourth-order valence-electron chi connectivity index (χ4n) is 5.03. The number of para-hydroxylation sites is 1. The van der Waals surface area contributed by atoms with Gasteiger partial charge >= 0.3 is 0 Å². The van der Waals surface area contributed by atoms with Crippen LogP contribution in [-0.4, -0.2) is 55.7 Å². The third-order valence-corrected chi connectivity index (χ3v) is 8.97. The van der Waals surface area contributed by atoms with Crippen LogP contribution in [-0.2, 0) is 26.0 Å². The first kappa shape index (κ1) is 23.6. The number of rotatable bonds is 7. The van der Waals surface area contributed by atoms with E-state index in [2.05, 4.69) is 16.4 Å². The summed E-state index contributed by atoms with van der Waals surface area (Å²) in [7, 11) is -3.64. The minimum absolute atomic E-state index is 0.0125. The Labute approximate surface area is 205 Å². The molecule has 2 aliphatic rings. The molecule has 3 aromatic rings. The predicted octanol–water partition coefficient (Wildman–Crippen LogP) is 3.05. The van der Waals surface area contributed by atoms with Gasteiger partial charge in [-0.2, -0.15) is 4.31 Å². The molecular formula is C26H30N4O4S. The highest BCUT2D eigenvalue weighted by Gasteiger charge is 2.32. The molecule has 2 N–H and O–H groups in total. The lowest BCUT2D eigenvalue weighted by Gasteiger charge is -2.30. The van der Waals surface area contributed by atoms with Crippen LogP contribution in [0, 0.1) is 5.92 Å². The maximum Gasteiger partial charge on any atom is 0.243 e. The first-order valence-corrected chi connectivity index (χ1v) is 13.6. The maximum absolute atomic E-state index is 13.1. The molecule has 0 aliphatic carbocycles. The number of hydrogen-bond acceptors (Lipinski definition) is 4. The van der Waals surface area contributed by atoms with Gasteiger partial charge in [0.05, 0.1) is 4.90 Å². The van der Waals surface area contributed by atoms with E-state index in [-0.39, 0.29) is 22.6 Å². The summed E-state index contributed by atoms with van der Waals surface area (Å²) in [6.07, 6.45) is 5.07. The third-order valence-electron chi connectivity index (χ3n) is 7.05. The van der Waals surface area contributed by atoms with Gasteiger partial charge in [-0.3, -0.25) is 9.59 Å². The molecule has 35 heavy (non-hydrogen) atoms.